The van der Waals surface area contributed by atoms with E-state index in [9.17, 15) is 0 Å². The first-order valence-electron chi connectivity index (χ1n) is 5.70. The summed E-state index contributed by atoms with van der Waals surface area (Å²) >= 11 is 17.6. The van der Waals surface area contributed by atoms with Gasteiger partial charge in [0.1, 0.15) is 0 Å². The summed E-state index contributed by atoms with van der Waals surface area (Å²) in [6.45, 7) is 4.48. The first-order chi connectivity index (χ1) is 8.06. The smallest absolute Gasteiger partial charge is 0.0542 e. The van der Waals surface area contributed by atoms with Crippen LogP contribution < -0.4 is 0 Å². The van der Waals surface area contributed by atoms with Crippen molar-refractivity contribution >= 4 is 50.9 Å². The van der Waals surface area contributed by atoms with Crippen LogP contribution in [-0.2, 0) is 0 Å². The molecule has 0 heterocycles. The van der Waals surface area contributed by atoms with E-state index in [1.807, 2.05) is 18.2 Å². The van der Waals surface area contributed by atoms with E-state index in [0.717, 1.165) is 26.0 Å². The van der Waals surface area contributed by atoms with Crippen LogP contribution in [0.15, 0.2) is 23.1 Å². The molecule has 0 radical (unpaired) electrons. The molecule has 0 aliphatic carbocycles. The Morgan fingerprint density at radius 3 is 2.41 bits per heavy atom. The molecule has 0 saturated heterocycles. The Morgan fingerprint density at radius 1 is 1.24 bits per heavy atom. The third kappa shape index (κ3) is 4.34. The number of hydrogen-bond acceptors (Lipinski definition) is 1. The Balaban J connectivity index is 2.75. The molecule has 0 N–H and O–H groups in total. The van der Waals surface area contributed by atoms with Gasteiger partial charge in [0.25, 0.3) is 0 Å². The molecule has 1 rings (SSSR count). The molecule has 96 valence electrons. The summed E-state index contributed by atoms with van der Waals surface area (Å²) in [5, 5.41) is 2.56. The fourth-order valence-electron chi connectivity index (χ4n) is 1.50. The molecule has 0 bridgehead atoms. The summed E-state index contributed by atoms with van der Waals surface area (Å²) in [5.41, 5.74) is 0.344. The second-order valence-electron chi connectivity index (χ2n) is 4.20. The summed E-state index contributed by atoms with van der Waals surface area (Å²) in [5.74, 6) is 1.06. The van der Waals surface area contributed by atoms with E-state index in [1.165, 1.54) is 12.8 Å². The van der Waals surface area contributed by atoms with Crippen molar-refractivity contribution in [3.63, 3.8) is 0 Å². The number of halogens is 3. The summed E-state index contributed by atoms with van der Waals surface area (Å²) in [4.78, 5) is 1.08. The molecule has 0 saturated carbocycles. The highest BCUT2D eigenvalue weighted by Crippen LogP contribution is 2.38. The lowest BCUT2D eigenvalue weighted by Crippen LogP contribution is -2.23. The second-order valence-corrected chi connectivity index (χ2v) is 6.63. The van der Waals surface area contributed by atoms with Crippen LogP contribution in [0.25, 0.3) is 0 Å². The van der Waals surface area contributed by atoms with E-state index in [0.29, 0.717) is 5.41 Å². The molecular weight excluding hydrogens is 339 g/mol. The Labute approximate surface area is 127 Å². The van der Waals surface area contributed by atoms with Gasteiger partial charge in [0.2, 0.25) is 0 Å². The number of benzene rings is 1. The Kier molecular flexibility index (Phi) is 6.71. The molecule has 0 spiro atoms. The minimum atomic E-state index is 0.344. The minimum Gasteiger partial charge on any atom is -0.124 e. The molecule has 0 amide bonds. The predicted octanol–water partition coefficient (Wildman–Crippen LogP) is 6.29. The fourth-order valence-corrected chi connectivity index (χ4v) is 4.66. The molecule has 0 fully saturated rings. The highest BCUT2D eigenvalue weighted by atomic mass is 79.9. The van der Waals surface area contributed by atoms with Crippen LogP contribution in [0.3, 0.4) is 0 Å². The van der Waals surface area contributed by atoms with Gasteiger partial charge in [-0.2, -0.15) is 0 Å². The van der Waals surface area contributed by atoms with Crippen LogP contribution in [0.2, 0.25) is 10.0 Å². The minimum absolute atomic E-state index is 0.344. The third-order valence-electron chi connectivity index (χ3n) is 3.21. The zero-order chi connectivity index (χ0) is 12.9. The van der Waals surface area contributed by atoms with Crippen LogP contribution in [0.1, 0.15) is 26.7 Å². The number of hydrogen-bond donors (Lipinski definition) is 0. The van der Waals surface area contributed by atoms with Gasteiger partial charge >= 0.3 is 0 Å². The average molecular weight is 356 g/mol. The maximum atomic E-state index is 6.16. The molecule has 0 atom stereocenters. The van der Waals surface area contributed by atoms with Crippen molar-refractivity contribution in [2.45, 2.75) is 31.6 Å². The molecule has 1 aromatic carbocycles. The van der Waals surface area contributed by atoms with Crippen LogP contribution in [0.5, 0.6) is 0 Å². The van der Waals surface area contributed by atoms with Gasteiger partial charge in [0.05, 0.1) is 5.02 Å². The average Bonchev–Trinajstić information content (AvgIpc) is 2.35. The largest absolute Gasteiger partial charge is 0.124 e. The standard InChI is InChI=1S/C13H17BrCl2S/c1-3-13(4-2,8-14)9-17-12-7-10(15)5-6-11(12)16/h5-7H,3-4,8-9H2,1-2H3. The Morgan fingerprint density at radius 2 is 1.88 bits per heavy atom. The Hall–Kier alpha value is 0.630. The second kappa shape index (κ2) is 7.28. The lowest BCUT2D eigenvalue weighted by molar-refractivity contribution is 0.359. The molecule has 0 nitrogen and oxygen atoms in total. The molecule has 0 unspecified atom stereocenters. The molecular formula is C13H17BrCl2S. The van der Waals surface area contributed by atoms with Gasteiger partial charge in [-0.25, -0.2) is 0 Å². The van der Waals surface area contributed by atoms with Crippen LogP contribution in [0.4, 0.5) is 0 Å². The maximum Gasteiger partial charge on any atom is 0.0542 e. The van der Waals surface area contributed by atoms with Gasteiger partial charge in [-0.05, 0) is 36.5 Å². The van der Waals surface area contributed by atoms with Gasteiger partial charge < -0.3 is 0 Å². The summed E-state index contributed by atoms with van der Waals surface area (Å²) in [6, 6.07) is 5.63. The quantitative estimate of drug-likeness (QED) is 0.427. The first kappa shape index (κ1) is 15.7. The predicted molar refractivity (Wildman–Crippen MR) is 84.0 cm³/mol. The summed E-state index contributed by atoms with van der Waals surface area (Å²) in [7, 11) is 0. The van der Waals surface area contributed by atoms with Crippen molar-refractivity contribution in [3.8, 4) is 0 Å². The van der Waals surface area contributed by atoms with Gasteiger partial charge in [-0.1, -0.05) is 53.0 Å². The topological polar surface area (TPSA) is 0 Å². The van der Waals surface area contributed by atoms with Gasteiger partial charge in [0, 0.05) is 21.0 Å². The van der Waals surface area contributed by atoms with Crippen molar-refractivity contribution < 1.29 is 0 Å². The zero-order valence-electron chi connectivity index (χ0n) is 10.1. The molecule has 4 heteroatoms. The van der Waals surface area contributed by atoms with Gasteiger partial charge in [-0.3, -0.25) is 0 Å². The highest BCUT2D eigenvalue weighted by Gasteiger charge is 2.25. The molecule has 0 aliphatic rings. The van der Waals surface area contributed by atoms with E-state index in [2.05, 4.69) is 29.8 Å². The van der Waals surface area contributed by atoms with Crippen molar-refractivity contribution in [2.24, 2.45) is 5.41 Å². The van der Waals surface area contributed by atoms with Gasteiger partial charge in [0.15, 0.2) is 0 Å². The molecule has 17 heavy (non-hydrogen) atoms. The fraction of sp³-hybridized carbons (Fsp3) is 0.538. The first-order valence-corrected chi connectivity index (χ1v) is 8.57. The number of rotatable bonds is 6. The van der Waals surface area contributed by atoms with Crippen LogP contribution >= 0.6 is 50.9 Å². The van der Waals surface area contributed by atoms with Crippen molar-refractivity contribution in [1.29, 1.82) is 0 Å². The van der Waals surface area contributed by atoms with E-state index < -0.39 is 0 Å². The zero-order valence-corrected chi connectivity index (χ0v) is 14.0. The SMILES string of the molecule is CCC(CC)(CBr)CSc1cc(Cl)ccc1Cl. The monoisotopic (exact) mass is 354 g/mol. The van der Waals surface area contributed by atoms with Crippen LogP contribution in [0, 0.1) is 5.41 Å². The number of alkyl halides is 1. The van der Waals surface area contributed by atoms with Crippen LogP contribution in [-0.4, -0.2) is 11.1 Å². The maximum absolute atomic E-state index is 6.16. The van der Waals surface area contributed by atoms with E-state index in [1.54, 1.807) is 11.8 Å². The van der Waals surface area contributed by atoms with Gasteiger partial charge in [-0.15, -0.1) is 11.8 Å². The third-order valence-corrected chi connectivity index (χ3v) is 6.48. The Bertz CT molecular complexity index is 356. The van der Waals surface area contributed by atoms with E-state index in [-0.39, 0.29) is 0 Å². The molecule has 0 aromatic heterocycles. The van der Waals surface area contributed by atoms with E-state index >= 15 is 0 Å². The summed E-state index contributed by atoms with van der Waals surface area (Å²) < 4.78 is 0. The normalized spacial score (nSPS) is 11.8. The van der Waals surface area contributed by atoms with E-state index in [4.69, 9.17) is 23.2 Å². The van der Waals surface area contributed by atoms with Crippen molar-refractivity contribution in [3.05, 3.63) is 28.2 Å². The lowest BCUT2D eigenvalue weighted by Gasteiger charge is -2.29. The van der Waals surface area contributed by atoms with Crippen molar-refractivity contribution in [2.75, 3.05) is 11.1 Å². The highest BCUT2D eigenvalue weighted by molar-refractivity contribution is 9.09. The van der Waals surface area contributed by atoms with Crippen molar-refractivity contribution in [1.82, 2.24) is 0 Å². The molecule has 1 aromatic rings. The number of thioether (sulfide) groups is 1. The molecule has 0 aliphatic heterocycles. The summed E-state index contributed by atoms with van der Waals surface area (Å²) in [6.07, 6.45) is 2.33. The lowest BCUT2D eigenvalue weighted by atomic mass is 9.87.